The van der Waals surface area contributed by atoms with E-state index < -0.39 is 10.0 Å². The van der Waals surface area contributed by atoms with Gasteiger partial charge in [-0.05, 0) is 41.5 Å². The highest BCUT2D eigenvalue weighted by atomic mass is 32.2. The first-order chi connectivity index (χ1) is 16.0. The molecule has 0 saturated carbocycles. The van der Waals surface area contributed by atoms with Crippen LogP contribution in [0, 0.1) is 0 Å². The van der Waals surface area contributed by atoms with Crippen LogP contribution in [0.5, 0.6) is 0 Å². The monoisotopic (exact) mass is 466 g/mol. The van der Waals surface area contributed by atoms with Gasteiger partial charge in [0.15, 0.2) is 0 Å². The molecule has 5 rings (SSSR count). The first kappa shape index (κ1) is 22.3. The minimum Gasteiger partial charge on any atom is -0.379 e. The lowest BCUT2D eigenvalue weighted by Gasteiger charge is -2.38. The number of pyridine rings is 1. The maximum absolute atomic E-state index is 12.8. The van der Waals surface area contributed by atoms with Crippen molar-refractivity contribution in [3.8, 4) is 0 Å². The van der Waals surface area contributed by atoms with Crippen molar-refractivity contribution in [3.63, 3.8) is 0 Å². The Morgan fingerprint density at radius 1 is 0.879 bits per heavy atom. The van der Waals surface area contributed by atoms with Gasteiger partial charge in [-0.15, -0.1) is 0 Å². The fourth-order valence-electron chi connectivity index (χ4n) is 4.66. The van der Waals surface area contributed by atoms with Crippen LogP contribution < -0.4 is 4.90 Å². The number of rotatable bonds is 5. The van der Waals surface area contributed by atoms with Gasteiger partial charge in [0.1, 0.15) is 10.7 Å². The molecule has 2 aromatic carbocycles. The van der Waals surface area contributed by atoms with E-state index in [9.17, 15) is 8.42 Å². The molecule has 2 aliphatic heterocycles. The van der Waals surface area contributed by atoms with E-state index in [1.54, 1.807) is 6.07 Å². The lowest BCUT2D eigenvalue weighted by molar-refractivity contribution is 0.0730. The molecule has 0 bridgehead atoms. The quantitative estimate of drug-likeness (QED) is 0.576. The van der Waals surface area contributed by atoms with Gasteiger partial charge >= 0.3 is 0 Å². The van der Waals surface area contributed by atoms with Crippen molar-refractivity contribution in [2.45, 2.75) is 17.9 Å². The van der Waals surface area contributed by atoms with E-state index in [1.807, 2.05) is 6.07 Å². The van der Waals surface area contributed by atoms with Crippen molar-refractivity contribution in [2.75, 3.05) is 57.4 Å². The third-order valence-corrected chi connectivity index (χ3v) is 8.65. The lowest BCUT2D eigenvalue weighted by atomic mass is 10.0. The van der Waals surface area contributed by atoms with Gasteiger partial charge in [0.25, 0.3) is 0 Å². The van der Waals surface area contributed by atoms with Crippen molar-refractivity contribution in [3.05, 3.63) is 66.4 Å². The van der Waals surface area contributed by atoms with Crippen LogP contribution in [0.2, 0.25) is 0 Å². The van der Waals surface area contributed by atoms with Crippen LogP contribution in [0.25, 0.3) is 10.8 Å². The number of hydrogen-bond acceptors (Lipinski definition) is 6. The zero-order valence-electron chi connectivity index (χ0n) is 18.9. The summed E-state index contributed by atoms with van der Waals surface area (Å²) in [5, 5.41) is 2.54. The molecule has 0 spiro atoms. The maximum atomic E-state index is 12.8. The number of piperazine rings is 1. The van der Waals surface area contributed by atoms with E-state index >= 15 is 0 Å². The van der Waals surface area contributed by atoms with E-state index in [1.165, 1.54) is 26.8 Å². The zero-order chi connectivity index (χ0) is 22.8. The normalized spacial score (nSPS) is 19.6. The van der Waals surface area contributed by atoms with Crippen LogP contribution in [0.1, 0.15) is 18.5 Å². The molecule has 3 aromatic rings. The van der Waals surface area contributed by atoms with Crippen molar-refractivity contribution in [2.24, 2.45) is 0 Å². The first-order valence-corrected chi connectivity index (χ1v) is 13.0. The van der Waals surface area contributed by atoms with Gasteiger partial charge in [-0.25, -0.2) is 13.4 Å². The Morgan fingerprint density at radius 3 is 2.30 bits per heavy atom. The highest BCUT2D eigenvalue weighted by Crippen LogP contribution is 2.27. The predicted molar refractivity (Wildman–Crippen MR) is 130 cm³/mol. The van der Waals surface area contributed by atoms with Crippen molar-refractivity contribution in [1.82, 2.24) is 14.2 Å². The van der Waals surface area contributed by atoms with Gasteiger partial charge in [0.05, 0.1) is 13.2 Å². The van der Waals surface area contributed by atoms with E-state index in [2.05, 4.69) is 64.2 Å². The summed E-state index contributed by atoms with van der Waals surface area (Å²) >= 11 is 0. The number of aromatic nitrogens is 1. The van der Waals surface area contributed by atoms with Crippen LogP contribution in [0.3, 0.4) is 0 Å². The number of sulfonamides is 1. The number of morpholine rings is 1. The van der Waals surface area contributed by atoms with Gasteiger partial charge < -0.3 is 9.64 Å². The van der Waals surface area contributed by atoms with E-state index in [-0.39, 0.29) is 4.90 Å². The number of nitrogens with zero attached hydrogens (tertiary/aromatic N) is 4. The summed E-state index contributed by atoms with van der Waals surface area (Å²) in [5.74, 6) is 0.828. The minimum atomic E-state index is -3.51. The first-order valence-electron chi connectivity index (χ1n) is 11.5. The van der Waals surface area contributed by atoms with Crippen LogP contribution in [-0.2, 0) is 14.8 Å². The molecule has 33 heavy (non-hydrogen) atoms. The molecule has 7 nitrogen and oxygen atoms in total. The molecule has 0 amide bonds. The number of ether oxygens (including phenoxy) is 1. The summed E-state index contributed by atoms with van der Waals surface area (Å²) in [6, 6.07) is 19.0. The zero-order valence-corrected chi connectivity index (χ0v) is 19.7. The molecule has 0 unspecified atom stereocenters. The molecule has 2 saturated heterocycles. The Kier molecular flexibility index (Phi) is 6.34. The molecule has 2 aliphatic rings. The number of anilines is 1. The standard InChI is InChI=1S/C25H30N4O3S/c1-20(22-7-6-21-4-2-3-5-23(21)18-22)27-10-12-28(13-11-27)25-9-8-24(19-26-25)33(30,31)29-14-16-32-17-15-29/h2-9,18-20H,10-17H2,1H3/t20-/m1/s1. The Hall–Kier alpha value is -2.52. The van der Waals surface area contributed by atoms with E-state index in [4.69, 9.17) is 4.74 Å². The molecule has 1 aromatic heterocycles. The van der Waals surface area contributed by atoms with Crippen LogP contribution in [-0.4, -0.2) is 75.1 Å². The second kappa shape index (κ2) is 9.38. The second-order valence-corrected chi connectivity index (χ2v) is 10.6. The predicted octanol–water partition coefficient (Wildman–Crippen LogP) is 3.14. The number of benzene rings is 2. The highest BCUT2D eigenvalue weighted by Gasteiger charge is 2.27. The van der Waals surface area contributed by atoms with Crippen molar-refractivity contribution in [1.29, 1.82) is 0 Å². The summed E-state index contributed by atoms with van der Waals surface area (Å²) < 4.78 is 32.4. The molecule has 174 valence electrons. The molecule has 1 atom stereocenters. The third kappa shape index (κ3) is 4.61. The molecular weight excluding hydrogens is 436 g/mol. The Balaban J connectivity index is 1.22. The SMILES string of the molecule is C[C@H](c1ccc2ccccc2c1)N1CCN(c2ccc(S(=O)(=O)N3CCOCC3)cn2)CC1. The summed E-state index contributed by atoms with van der Waals surface area (Å²) in [5.41, 5.74) is 1.33. The molecule has 2 fully saturated rings. The molecule has 0 radical (unpaired) electrons. The minimum absolute atomic E-state index is 0.247. The highest BCUT2D eigenvalue weighted by molar-refractivity contribution is 7.89. The largest absolute Gasteiger partial charge is 0.379 e. The Morgan fingerprint density at radius 2 is 1.61 bits per heavy atom. The maximum Gasteiger partial charge on any atom is 0.244 e. The van der Waals surface area contributed by atoms with Crippen LogP contribution in [0.15, 0.2) is 65.7 Å². The summed E-state index contributed by atoms with van der Waals surface area (Å²) in [6.45, 7) is 7.51. The fourth-order valence-corrected chi connectivity index (χ4v) is 6.02. The average molecular weight is 467 g/mol. The van der Waals surface area contributed by atoms with Crippen molar-refractivity contribution < 1.29 is 13.2 Å². The second-order valence-electron chi connectivity index (χ2n) is 8.67. The molecule has 0 N–H and O–H groups in total. The Bertz CT molecular complexity index is 1200. The van der Waals surface area contributed by atoms with E-state index in [0.29, 0.717) is 32.3 Å². The van der Waals surface area contributed by atoms with Gasteiger partial charge in [0.2, 0.25) is 10.0 Å². The van der Waals surface area contributed by atoms with Crippen LogP contribution >= 0.6 is 0 Å². The van der Waals surface area contributed by atoms with Gasteiger partial charge in [-0.1, -0.05) is 36.4 Å². The fraction of sp³-hybridized carbons (Fsp3) is 0.400. The molecule has 0 aliphatic carbocycles. The van der Waals surface area contributed by atoms with E-state index in [0.717, 1.165) is 32.0 Å². The summed E-state index contributed by atoms with van der Waals surface area (Å²) in [4.78, 5) is 9.47. The van der Waals surface area contributed by atoms with Gasteiger partial charge in [-0.3, -0.25) is 4.90 Å². The molecule has 8 heteroatoms. The van der Waals surface area contributed by atoms with Crippen LogP contribution in [0.4, 0.5) is 5.82 Å². The number of fused-ring (bicyclic) bond motifs is 1. The molecule has 3 heterocycles. The topological polar surface area (TPSA) is 66.0 Å². The molecular formula is C25H30N4O3S. The summed E-state index contributed by atoms with van der Waals surface area (Å²) in [7, 11) is -3.51. The smallest absolute Gasteiger partial charge is 0.244 e. The Labute approximate surface area is 195 Å². The van der Waals surface area contributed by atoms with Crippen molar-refractivity contribution >= 4 is 26.6 Å². The van der Waals surface area contributed by atoms with Gasteiger partial charge in [-0.2, -0.15) is 4.31 Å². The number of hydrogen-bond donors (Lipinski definition) is 0. The van der Waals surface area contributed by atoms with Gasteiger partial charge in [0, 0.05) is 51.5 Å². The summed E-state index contributed by atoms with van der Waals surface area (Å²) in [6.07, 6.45) is 1.49. The average Bonchev–Trinajstić information content (AvgIpc) is 2.88. The third-order valence-electron chi connectivity index (χ3n) is 6.77. The lowest BCUT2D eigenvalue weighted by Crippen LogP contribution is -2.47.